The van der Waals surface area contributed by atoms with E-state index in [1.807, 2.05) is 0 Å². The minimum Gasteiger partial charge on any atom is -0.309 e. The summed E-state index contributed by atoms with van der Waals surface area (Å²) in [7, 11) is 0. The van der Waals surface area contributed by atoms with Crippen molar-refractivity contribution in [3.8, 4) is 55.9 Å². The molecule has 0 aliphatic rings. The first kappa shape index (κ1) is 32.0. The molecule has 2 nitrogen and oxygen atoms in total. The Morgan fingerprint density at radius 3 is 0.929 bits per heavy atom. The summed E-state index contributed by atoms with van der Waals surface area (Å²) in [6, 6.07) is 79.2. The Balaban J connectivity index is 1.03. The van der Waals surface area contributed by atoms with Crippen molar-refractivity contribution in [2.75, 3.05) is 0 Å². The number of fused-ring (bicyclic) bond motifs is 7. The normalized spacial score (nSPS) is 11.6. The summed E-state index contributed by atoms with van der Waals surface area (Å²) in [5.74, 6) is 0. The van der Waals surface area contributed by atoms with Crippen molar-refractivity contribution < 1.29 is 0 Å². The molecular weight excluding hydrogens is 677 g/mol. The van der Waals surface area contributed by atoms with Crippen LogP contribution in [0.25, 0.3) is 99.5 Å². The van der Waals surface area contributed by atoms with Gasteiger partial charge in [-0.2, -0.15) is 0 Å². The van der Waals surface area contributed by atoms with Crippen molar-refractivity contribution >= 4 is 43.6 Å². The summed E-state index contributed by atoms with van der Waals surface area (Å²) in [6.07, 6.45) is 0. The minimum atomic E-state index is 1.15. The molecule has 262 valence electrons. The number of benzene rings is 9. The molecule has 0 aliphatic carbocycles. The lowest BCUT2D eigenvalue weighted by Gasteiger charge is -2.11. The topological polar surface area (TPSA) is 9.86 Å². The Kier molecular flexibility index (Phi) is 7.53. The second-order valence-electron chi connectivity index (χ2n) is 14.5. The molecule has 0 saturated carbocycles. The number of para-hydroxylation sites is 2. The standard InChI is InChI=1S/C54H36N2/c1-3-13-37(14-4-1)41-17-11-19-43(35-41)39-25-29-45(30-26-39)55-49-23-9-7-21-47(49)53-51(55)33-34-52-54(53)48-22-8-10-24-50(48)56(52)46-31-27-40(28-32-46)44-20-12-18-42(36-44)38-15-5-2-6-16-38/h1-36H. The van der Waals surface area contributed by atoms with E-state index in [1.165, 1.54) is 88.1 Å². The Hall–Kier alpha value is -7.42. The van der Waals surface area contributed by atoms with Crippen LogP contribution in [0.3, 0.4) is 0 Å². The fourth-order valence-corrected chi connectivity index (χ4v) is 8.70. The first-order valence-corrected chi connectivity index (χ1v) is 19.3. The van der Waals surface area contributed by atoms with Gasteiger partial charge in [0.1, 0.15) is 0 Å². The summed E-state index contributed by atoms with van der Waals surface area (Å²) >= 11 is 0. The number of hydrogen-bond acceptors (Lipinski definition) is 0. The molecule has 2 heterocycles. The van der Waals surface area contributed by atoms with Gasteiger partial charge in [0, 0.05) is 32.9 Å². The van der Waals surface area contributed by atoms with Gasteiger partial charge >= 0.3 is 0 Å². The van der Waals surface area contributed by atoms with Gasteiger partial charge < -0.3 is 9.13 Å². The van der Waals surface area contributed by atoms with Crippen LogP contribution in [0.2, 0.25) is 0 Å². The quantitative estimate of drug-likeness (QED) is 0.162. The first-order chi connectivity index (χ1) is 27.8. The van der Waals surface area contributed by atoms with E-state index in [1.54, 1.807) is 0 Å². The van der Waals surface area contributed by atoms with E-state index >= 15 is 0 Å². The Bertz CT molecular complexity index is 2980. The van der Waals surface area contributed by atoms with Crippen LogP contribution >= 0.6 is 0 Å². The third-order valence-corrected chi connectivity index (χ3v) is 11.3. The molecule has 9 aromatic carbocycles. The lowest BCUT2D eigenvalue weighted by atomic mass is 9.99. The van der Waals surface area contributed by atoms with E-state index in [0.29, 0.717) is 0 Å². The van der Waals surface area contributed by atoms with Crippen molar-refractivity contribution in [3.05, 3.63) is 218 Å². The molecule has 0 amide bonds. The van der Waals surface area contributed by atoms with Crippen molar-refractivity contribution in [3.63, 3.8) is 0 Å². The van der Waals surface area contributed by atoms with Crippen molar-refractivity contribution in [1.29, 1.82) is 0 Å². The fourth-order valence-electron chi connectivity index (χ4n) is 8.70. The van der Waals surface area contributed by atoms with Crippen LogP contribution in [0.15, 0.2) is 218 Å². The van der Waals surface area contributed by atoms with Gasteiger partial charge in [0.05, 0.1) is 22.1 Å². The molecule has 11 aromatic rings. The molecule has 56 heavy (non-hydrogen) atoms. The summed E-state index contributed by atoms with van der Waals surface area (Å²) in [6.45, 7) is 0. The zero-order chi connectivity index (χ0) is 37.0. The van der Waals surface area contributed by atoms with Crippen molar-refractivity contribution in [2.24, 2.45) is 0 Å². The average molecular weight is 713 g/mol. The fraction of sp³-hybridized carbons (Fsp3) is 0. The van der Waals surface area contributed by atoms with E-state index in [-0.39, 0.29) is 0 Å². The zero-order valence-electron chi connectivity index (χ0n) is 30.7. The SMILES string of the molecule is c1ccc(-c2cccc(-c3ccc(-n4c5ccccc5c5c6c7ccccc7n(-c7ccc(-c8cccc(-c9ccccc9)c8)cc7)c6ccc54)cc3)c2)cc1. The number of rotatable bonds is 6. The number of nitrogens with zero attached hydrogens (tertiary/aromatic N) is 2. The highest BCUT2D eigenvalue weighted by Crippen LogP contribution is 2.42. The summed E-state index contributed by atoms with van der Waals surface area (Å²) < 4.78 is 4.86. The van der Waals surface area contributed by atoms with Gasteiger partial charge in [-0.1, -0.05) is 158 Å². The zero-order valence-corrected chi connectivity index (χ0v) is 30.7. The van der Waals surface area contributed by atoms with Crippen LogP contribution in [0, 0.1) is 0 Å². The van der Waals surface area contributed by atoms with Gasteiger partial charge in [-0.05, 0) is 105 Å². The third-order valence-electron chi connectivity index (χ3n) is 11.3. The van der Waals surface area contributed by atoms with E-state index in [2.05, 4.69) is 228 Å². The monoisotopic (exact) mass is 712 g/mol. The summed E-state index contributed by atoms with van der Waals surface area (Å²) in [5, 5.41) is 5.07. The lowest BCUT2D eigenvalue weighted by molar-refractivity contribution is 1.17. The van der Waals surface area contributed by atoms with E-state index in [4.69, 9.17) is 0 Å². The molecule has 0 aliphatic heterocycles. The Morgan fingerprint density at radius 2 is 0.536 bits per heavy atom. The summed E-state index contributed by atoms with van der Waals surface area (Å²) in [5.41, 5.74) is 16.8. The van der Waals surface area contributed by atoms with E-state index in [0.717, 1.165) is 11.4 Å². The van der Waals surface area contributed by atoms with Gasteiger partial charge in [0.2, 0.25) is 0 Å². The van der Waals surface area contributed by atoms with Gasteiger partial charge in [0.25, 0.3) is 0 Å². The molecule has 0 bridgehead atoms. The predicted molar refractivity (Wildman–Crippen MR) is 237 cm³/mol. The highest BCUT2D eigenvalue weighted by atomic mass is 15.0. The average Bonchev–Trinajstić information content (AvgIpc) is 3.80. The van der Waals surface area contributed by atoms with Gasteiger partial charge in [-0.3, -0.25) is 0 Å². The minimum absolute atomic E-state index is 1.15. The van der Waals surface area contributed by atoms with Crippen LogP contribution < -0.4 is 0 Å². The second kappa shape index (κ2) is 13.2. The van der Waals surface area contributed by atoms with E-state index < -0.39 is 0 Å². The van der Waals surface area contributed by atoms with Crippen LogP contribution in [0.1, 0.15) is 0 Å². The predicted octanol–water partition coefficient (Wildman–Crippen LogP) is 14.5. The highest BCUT2D eigenvalue weighted by molar-refractivity contribution is 6.28. The highest BCUT2D eigenvalue weighted by Gasteiger charge is 2.20. The summed E-state index contributed by atoms with van der Waals surface area (Å²) in [4.78, 5) is 0. The molecule has 11 rings (SSSR count). The third kappa shape index (κ3) is 5.26. The Labute approximate surface area is 325 Å². The molecule has 2 aromatic heterocycles. The number of aromatic nitrogens is 2. The lowest BCUT2D eigenvalue weighted by Crippen LogP contribution is -1.95. The van der Waals surface area contributed by atoms with Crippen LogP contribution in [0.5, 0.6) is 0 Å². The molecular formula is C54H36N2. The van der Waals surface area contributed by atoms with Crippen molar-refractivity contribution in [2.45, 2.75) is 0 Å². The first-order valence-electron chi connectivity index (χ1n) is 19.3. The molecule has 0 spiro atoms. The van der Waals surface area contributed by atoms with E-state index in [9.17, 15) is 0 Å². The molecule has 0 atom stereocenters. The molecule has 0 N–H and O–H groups in total. The largest absolute Gasteiger partial charge is 0.309 e. The maximum absolute atomic E-state index is 2.43. The molecule has 2 heteroatoms. The van der Waals surface area contributed by atoms with Crippen molar-refractivity contribution in [1.82, 2.24) is 9.13 Å². The van der Waals surface area contributed by atoms with Crippen LogP contribution in [-0.4, -0.2) is 9.13 Å². The number of hydrogen-bond donors (Lipinski definition) is 0. The molecule has 0 radical (unpaired) electrons. The second-order valence-corrected chi connectivity index (χ2v) is 14.5. The van der Waals surface area contributed by atoms with Crippen LogP contribution in [-0.2, 0) is 0 Å². The Morgan fingerprint density at radius 1 is 0.214 bits per heavy atom. The molecule has 0 saturated heterocycles. The maximum Gasteiger partial charge on any atom is 0.0548 e. The molecule has 0 fully saturated rings. The smallest absolute Gasteiger partial charge is 0.0548 e. The van der Waals surface area contributed by atoms with Gasteiger partial charge in [0.15, 0.2) is 0 Å². The van der Waals surface area contributed by atoms with Gasteiger partial charge in [-0.25, -0.2) is 0 Å². The van der Waals surface area contributed by atoms with Crippen LogP contribution in [0.4, 0.5) is 0 Å². The molecule has 0 unspecified atom stereocenters. The van der Waals surface area contributed by atoms with Gasteiger partial charge in [-0.15, -0.1) is 0 Å². The maximum atomic E-state index is 2.43.